The van der Waals surface area contributed by atoms with Crippen LogP contribution in [0.4, 0.5) is 23.0 Å². The lowest BCUT2D eigenvalue weighted by Crippen LogP contribution is -2.42. The molecule has 1 atom stereocenters. The minimum Gasteiger partial charge on any atom is -0.443 e. The van der Waals surface area contributed by atoms with E-state index in [-0.39, 0.29) is 10.7 Å². The van der Waals surface area contributed by atoms with Gasteiger partial charge in [0, 0.05) is 16.2 Å². The van der Waals surface area contributed by atoms with Crippen molar-refractivity contribution in [3.05, 3.63) is 33.5 Å². The molecule has 0 bridgehead atoms. The lowest BCUT2D eigenvalue weighted by molar-refractivity contribution is -0.119. The molecule has 1 aromatic heterocycles. The molecule has 6 nitrogen and oxygen atoms in total. The second kappa shape index (κ2) is 9.14. The molecule has 2 N–H and O–H groups in total. The van der Waals surface area contributed by atoms with E-state index in [1.165, 1.54) is 7.11 Å². The molecule has 1 unspecified atom stereocenters. The minimum atomic E-state index is -4.66. The van der Waals surface area contributed by atoms with Gasteiger partial charge in [-0.25, -0.2) is 9.78 Å². The second-order valence-electron chi connectivity index (χ2n) is 7.06. The number of carbonyl (C=O) groups excluding carboxylic acids is 1. The van der Waals surface area contributed by atoms with E-state index in [0.29, 0.717) is 15.5 Å². The van der Waals surface area contributed by atoms with Crippen LogP contribution in [0.1, 0.15) is 32.7 Å². The van der Waals surface area contributed by atoms with Crippen molar-refractivity contribution < 1.29 is 27.4 Å². The van der Waals surface area contributed by atoms with Gasteiger partial charge in [-0.3, -0.25) is 4.90 Å². The van der Waals surface area contributed by atoms with E-state index in [9.17, 15) is 18.0 Å². The number of amides is 1. The predicted octanol–water partition coefficient (Wildman–Crippen LogP) is 5.32. The van der Waals surface area contributed by atoms with Crippen molar-refractivity contribution in [2.75, 3.05) is 18.6 Å². The lowest BCUT2D eigenvalue weighted by atomic mass is 10.2. The fourth-order valence-corrected chi connectivity index (χ4v) is 3.91. The first kappa shape index (κ1) is 23.8. The van der Waals surface area contributed by atoms with Crippen LogP contribution in [0.15, 0.2) is 24.3 Å². The van der Waals surface area contributed by atoms with Crippen molar-refractivity contribution in [2.45, 2.75) is 38.8 Å². The summed E-state index contributed by atoms with van der Waals surface area (Å²) in [6, 6.07) is 7.27. The maximum atomic E-state index is 13.3. The Labute approximate surface area is 184 Å². The molecule has 1 aromatic carbocycles. The van der Waals surface area contributed by atoms with E-state index in [2.05, 4.69) is 27.6 Å². The monoisotopic (exact) mass is 543 g/mol. The van der Waals surface area contributed by atoms with Crippen molar-refractivity contribution in [1.29, 1.82) is 0 Å². The molecular formula is C18H21F3IN3O3S. The molecule has 0 saturated heterocycles. The number of ether oxygens (including phenoxy) is 2. The fourth-order valence-electron chi connectivity index (χ4n) is 2.27. The van der Waals surface area contributed by atoms with Gasteiger partial charge in [-0.1, -0.05) is 23.5 Å². The topological polar surface area (TPSA) is 77.7 Å². The molecule has 29 heavy (non-hydrogen) atoms. The lowest BCUT2D eigenvalue weighted by Gasteiger charge is -2.28. The first-order chi connectivity index (χ1) is 13.3. The van der Waals surface area contributed by atoms with Gasteiger partial charge in [0.1, 0.15) is 27.8 Å². The third kappa shape index (κ3) is 6.79. The van der Waals surface area contributed by atoms with Crippen molar-refractivity contribution in [3.63, 3.8) is 0 Å². The molecule has 0 saturated carbocycles. The number of nitrogens with two attached hydrogens (primary N) is 1. The third-order valence-electron chi connectivity index (χ3n) is 3.43. The van der Waals surface area contributed by atoms with Crippen LogP contribution in [0.5, 0.6) is 0 Å². The van der Waals surface area contributed by atoms with Crippen LogP contribution in [-0.2, 0) is 9.47 Å². The smallest absolute Gasteiger partial charge is 0.415 e. The quantitative estimate of drug-likeness (QED) is 0.408. The van der Waals surface area contributed by atoms with Crippen LogP contribution in [0.25, 0.3) is 10.6 Å². The number of thiazole rings is 1. The molecule has 11 heteroatoms. The second-order valence-corrected chi connectivity index (χ2v) is 9.28. The standard InChI is InChI=1S/C18H21F3IN3O3S/c1-17(2,3)28-16(26)25(9-18(19,20)21)15-12(13(23)27-4)24-14(29-15)10-6-5-7-11(22)8-10/h5-8,13H,9,23H2,1-4H3. The summed E-state index contributed by atoms with van der Waals surface area (Å²) in [5, 5.41) is 0.344. The first-order valence-corrected chi connectivity index (χ1v) is 10.3. The maximum Gasteiger partial charge on any atom is 0.415 e. The number of aromatic nitrogens is 1. The number of methoxy groups -OCH3 is 1. The van der Waals surface area contributed by atoms with Gasteiger partial charge < -0.3 is 15.2 Å². The number of nitrogens with zero attached hydrogens (tertiary/aromatic N) is 2. The number of carbonyl (C=O) groups is 1. The summed E-state index contributed by atoms with van der Waals surface area (Å²) < 4.78 is 50.9. The zero-order chi connectivity index (χ0) is 22.0. The summed E-state index contributed by atoms with van der Waals surface area (Å²) in [7, 11) is 1.31. The van der Waals surface area contributed by atoms with Crippen LogP contribution in [0.3, 0.4) is 0 Å². The number of alkyl halides is 3. The van der Waals surface area contributed by atoms with Gasteiger partial charge in [0.2, 0.25) is 0 Å². The van der Waals surface area contributed by atoms with Gasteiger partial charge in [0.05, 0.1) is 0 Å². The molecule has 0 radical (unpaired) electrons. The van der Waals surface area contributed by atoms with Crippen LogP contribution in [0.2, 0.25) is 0 Å². The molecular weight excluding hydrogens is 522 g/mol. The zero-order valence-electron chi connectivity index (χ0n) is 16.2. The van der Waals surface area contributed by atoms with Crippen LogP contribution in [0, 0.1) is 3.57 Å². The van der Waals surface area contributed by atoms with Crippen molar-refractivity contribution >= 4 is 45.0 Å². The van der Waals surface area contributed by atoms with Gasteiger partial charge in [-0.05, 0) is 55.5 Å². The molecule has 1 heterocycles. The minimum absolute atomic E-state index is 0.0291. The van der Waals surface area contributed by atoms with E-state index in [0.717, 1.165) is 14.9 Å². The molecule has 2 aromatic rings. The average molecular weight is 543 g/mol. The normalized spacial score (nSPS) is 13.3. The highest BCUT2D eigenvalue weighted by Gasteiger charge is 2.39. The van der Waals surface area contributed by atoms with E-state index in [4.69, 9.17) is 15.2 Å². The number of hydrogen-bond acceptors (Lipinski definition) is 6. The van der Waals surface area contributed by atoms with Gasteiger partial charge in [0.25, 0.3) is 0 Å². The Balaban J connectivity index is 2.59. The maximum absolute atomic E-state index is 13.3. The number of halogens is 4. The Bertz CT molecular complexity index is 868. The van der Waals surface area contributed by atoms with Crippen LogP contribution >= 0.6 is 33.9 Å². The Hall–Kier alpha value is -1.44. The summed E-state index contributed by atoms with van der Waals surface area (Å²) in [5.41, 5.74) is 5.65. The number of anilines is 1. The Morgan fingerprint density at radius 1 is 1.34 bits per heavy atom. The number of hydrogen-bond donors (Lipinski definition) is 1. The predicted molar refractivity (Wildman–Crippen MR) is 114 cm³/mol. The summed E-state index contributed by atoms with van der Waals surface area (Å²) in [6.45, 7) is 3.17. The molecule has 0 aliphatic carbocycles. The van der Waals surface area contributed by atoms with Crippen LogP contribution in [-0.4, -0.2) is 36.5 Å². The molecule has 0 aliphatic heterocycles. The summed E-state index contributed by atoms with van der Waals surface area (Å²) in [4.78, 5) is 17.5. The van der Waals surface area contributed by atoms with E-state index in [1.807, 2.05) is 12.1 Å². The average Bonchev–Trinajstić information content (AvgIpc) is 3.01. The molecule has 1 amide bonds. The van der Waals surface area contributed by atoms with Crippen LogP contribution < -0.4 is 10.6 Å². The molecule has 0 fully saturated rings. The summed E-state index contributed by atoms with van der Waals surface area (Å²) >= 11 is 3.04. The molecule has 0 spiro atoms. The highest BCUT2D eigenvalue weighted by atomic mass is 127. The Morgan fingerprint density at radius 3 is 2.52 bits per heavy atom. The number of benzene rings is 1. The van der Waals surface area contributed by atoms with Gasteiger partial charge in [0.15, 0.2) is 6.23 Å². The van der Waals surface area contributed by atoms with Gasteiger partial charge in [-0.15, -0.1) is 0 Å². The van der Waals surface area contributed by atoms with Crippen molar-refractivity contribution in [3.8, 4) is 10.6 Å². The van der Waals surface area contributed by atoms with E-state index < -0.39 is 30.6 Å². The van der Waals surface area contributed by atoms with Crippen molar-refractivity contribution in [2.24, 2.45) is 5.73 Å². The van der Waals surface area contributed by atoms with Crippen molar-refractivity contribution in [1.82, 2.24) is 4.98 Å². The Kier molecular flexibility index (Phi) is 7.52. The molecule has 2 rings (SSSR count). The first-order valence-electron chi connectivity index (χ1n) is 8.43. The van der Waals surface area contributed by atoms with E-state index >= 15 is 0 Å². The molecule has 160 valence electrons. The number of rotatable bonds is 5. The zero-order valence-corrected chi connectivity index (χ0v) is 19.2. The van der Waals surface area contributed by atoms with E-state index in [1.54, 1.807) is 32.9 Å². The molecule has 0 aliphatic rings. The van der Waals surface area contributed by atoms with Gasteiger partial charge in [-0.2, -0.15) is 13.2 Å². The third-order valence-corrected chi connectivity index (χ3v) is 5.24. The summed E-state index contributed by atoms with van der Waals surface area (Å²) in [5.74, 6) is 0. The highest BCUT2D eigenvalue weighted by Crippen LogP contribution is 2.39. The Morgan fingerprint density at radius 2 is 2.00 bits per heavy atom. The highest BCUT2D eigenvalue weighted by molar-refractivity contribution is 14.1. The van der Waals surface area contributed by atoms with Gasteiger partial charge >= 0.3 is 12.3 Å². The SMILES string of the molecule is COC(N)c1nc(-c2cccc(I)c2)sc1N(CC(F)(F)F)C(=O)OC(C)(C)C. The summed E-state index contributed by atoms with van der Waals surface area (Å²) in [6.07, 6.45) is -6.91. The largest absolute Gasteiger partial charge is 0.443 e. The fraction of sp³-hybridized carbons (Fsp3) is 0.444.